The summed E-state index contributed by atoms with van der Waals surface area (Å²) >= 11 is 0. The molecule has 1 aromatic carbocycles. The highest BCUT2D eigenvalue weighted by molar-refractivity contribution is 5.65. The predicted molar refractivity (Wildman–Crippen MR) is 121 cm³/mol. The molecule has 0 fully saturated rings. The zero-order chi connectivity index (χ0) is 20.3. The van der Waals surface area contributed by atoms with Gasteiger partial charge >= 0.3 is 0 Å². The van der Waals surface area contributed by atoms with Crippen LogP contribution in [0.3, 0.4) is 0 Å². The van der Waals surface area contributed by atoms with Crippen molar-refractivity contribution in [2.75, 3.05) is 36.2 Å². The highest BCUT2D eigenvalue weighted by Gasteiger charge is 2.27. The average molecular weight is 383 g/mol. The molecule has 0 aliphatic carbocycles. The highest BCUT2D eigenvalue weighted by Crippen LogP contribution is 2.35. The number of hydrogen-bond donors (Lipinski definition) is 0. The van der Waals surface area contributed by atoms with Crippen molar-refractivity contribution in [3.05, 3.63) is 47.1 Å². The molecule has 3 rings (SSSR count). The summed E-state index contributed by atoms with van der Waals surface area (Å²) in [5.41, 5.74) is 8.18. The lowest BCUT2D eigenvalue weighted by molar-refractivity contribution is 0.368. The number of benzene rings is 1. The molecule has 4 heteroatoms. The molecule has 2 heterocycles. The molecular formula is C24H38N4. The lowest BCUT2D eigenvalue weighted by atomic mass is 10.2. The summed E-state index contributed by atoms with van der Waals surface area (Å²) in [6, 6.07) is 9.07. The molecule has 0 saturated heterocycles. The second kappa shape index (κ2) is 8.93. The molecule has 2 aliphatic heterocycles. The topological polar surface area (TPSA) is 13.0 Å². The van der Waals surface area contributed by atoms with E-state index in [1.54, 1.807) is 0 Å². The van der Waals surface area contributed by atoms with Gasteiger partial charge in [-0.2, -0.15) is 0 Å². The predicted octanol–water partition coefficient (Wildman–Crippen LogP) is 5.95. The van der Waals surface area contributed by atoms with Gasteiger partial charge in [0.25, 0.3) is 0 Å². The number of unbranched alkanes of at least 4 members (excludes halogenated alkanes) is 2. The van der Waals surface area contributed by atoms with Gasteiger partial charge in [0, 0.05) is 47.3 Å². The second-order valence-corrected chi connectivity index (χ2v) is 8.23. The van der Waals surface area contributed by atoms with Gasteiger partial charge < -0.3 is 19.6 Å². The van der Waals surface area contributed by atoms with E-state index in [1.807, 2.05) is 0 Å². The molecule has 28 heavy (non-hydrogen) atoms. The van der Waals surface area contributed by atoms with Crippen molar-refractivity contribution in [3.63, 3.8) is 0 Å². The van der Waals surface area contributed by atoms with Crippen molar-refractivity contribution < 1.29 is 0 Å². The summed E-state index contributed by atoms with van der Waals surface area (Å²) in [4.78, 5) is 9.96. The van der Waals surface area contributed by atoms with Gasteiger partial charge in [0.15, 0.2) is 0 Å². The molecule has 0 N–H and O–H groups in total. The van der Waals surface area contributed by atoms with Crippen LogP contribution in [0.1, 0.15) is 67.2 Å². The number of allylic oxidation sites excluding steroid dienone is 4. The lowest BCUT2D eigenvalue weighted by Crippen LogP contribution is -2.29. The van der Waals surface area contributed by atoms with Crippen LogP contribution >= 0.6 is 0 Å². The molecule has 0 unspecified atom stereocenters. The highest BCUT2D eigenvalue weighted by atomic mass is 15.4. The van der Waals surface area contributed by atoms with Crippen LogP contribution < -0.4 is 9.80 Å². The van der Waals surface area contributed by atoms with Crippen LogP contribution in [0.4, 0.5) is 11.4 Å². The maximum absolute atomic E-state index is 2.52. The first-order valence-corrected chi connectivity index (χ1v) is 11.0. The van der Waals surface area contributed by atoms with Crippen LogP contribution in [0.5, 0.6) is 0 Å². The summed E-state index contributed by atoms with van der Waals surface area (Å²) in [7, 11) is 0. The first-order valence-electron chi connectivity index (χ1n) is 11.0. The molecule has 0 aromatic heterocycles. The van der Waals surface area contributed by atoms with E-state index in [9.17, 15) is 0 Å². The molecule has 0 spiro atoms. The summed E-state index contributed by atoms with van der Waals surface area (Å²) < 4.78 is 0. The molecule has 2 aliphatic rings. The first kappa shape index (κ1) is 20.6. The fourth-order valence-electron chi connectivity index (χ4n) is 4.17. The van der Waals surface area contributed by atoms with Crippen LogP contribution in [0.15, 0.2) is 47.1 Å². The van der Waals surface area contributed by atoms with Crippen molar-refractivity contribution >= 4 is 11.4 Å². The van der Waals surface area contributed by atoms with Crippen molar-refractivity contribution in [3.8, 4) is 0 Å². The Balaban J connectivity index is 1.78. The van der Waals surface area contributed by atoms with E-state index in [0.717, 1.165) is 26.4 Å². The van der Waals surface area contributed by atoms with E-state index in [-0.39, 0.29) is 0 Å². The van der Waals surface area contributed by atoms with Crippen LogP contribution in [0, 0.1) is 0 Å². The Labute approximate surface area is 172 Å². The van der Waals surface area contributed by atoms with Crippen LogP contribution in [0.25, 0.3) is 0 Å². The molecule has 4 nitrogen and oxygen atoms in total. The third kappa shape index (κ3) is 4.01. The summed E-state index contributed by atoms with van der Waals surface area (Å²) in [5, 5.41) is 0. The second-order valence-electron chi connectivity index (χ2n) is 8.23. The number of anilines is 2. The van der Waals surface area contributed by atoms with E-state index in [2.05, 4.69) is 85.4 Å². The van der Waals surface area contributed by atoms with E-state index < -0.39 is 0 Å². The van der Waals surface area contributed by atoms with Crippen molar-refractivity contribution in [1.82, 2.24) is 9.80 Å². The van der Waals surface area contributed by atoms with E-state index in [1.165, 1.54) is 59.8 Å². The molecular weight excluding hydrogens is 344 g/mol. The van der Waals surface area contributed by atoms with Gasteiger partial charge in [0.1, 0.15) is 0 Å². The number of nitrogens with zero attached hydrogens (tertiary/aromatic N) is 4. The monoisotopic (exact) mass is 382 g/mol. The molecule has 0 radical (unpaired) electrons. The Morgan fingerprint density at radius 1 is 0.679 bits per heavy atom. The SMILES string of the molecule is CCCCN1CN(c2cccc(N3CN(CCCC)C(C)=C3C)c2)C(C)=C1C. The standard InChI is InChI=1S/C24H38N4/c1-7-9-14-25-17-27(21(5)19(25)3)23-12-11-13-24(16-23)28-18-26(15-10-8-2)20(4)22(28)6/h11-13,16H,7-10,14-15,17-18H2,1-6H3. The molecule has 0 amide bonds. The Morgan fingerprint density at radius 2 is 1.11 bits per heavy atom. The Bertz CT molecular complexity index is 689. The fourth-order valence-corrected chi connectivity index (χ4v) is 4.17. The quantitative estimate of drug-likeness (QED) is 0.551. The summed E-state index contributed by atoms with van der Waals surface area (Å²) in [6.07, 6.45) is 4.99. The minimum absolute atomic E-state index is 0.970. The summed E-state index contributed by atoms with van der Waals surface area (Å²) in [6.45, 7) is 17.8. The maximum atomic E-state index is 2.52. The largest absolute Gasteiger partial charge is 0.356 e. The molecule has 1 aromatic rings. The smallest absolute Gasteiger partial charge is 0.0946 e. The van der Waals surface area contributed by atoms with Crippen LogP contribution in [-0.4, -0.2) is 36.2 Å². The van der Waals surface area contributed by atoms with E-state index in [4.69, 9.17) is 0 Å². The van der Waals surface area contributed by atoms with Crippen LogP contribution in [0.2, 0.25) is 0 Å². The van der Waals surface area contributed by atoms with Crippen molar-refractivity contribution in [2.45, 2.75) is 67.2 Å². The van der Waals surface area contributed by atoms with E-state index >= 15 is 0 Å². The lowest BCUT2D eigenvalue weighted by Gasteiger charge is -2.27. The van der Waals surface area contributed by atoms with Gasteiger partial charge in [-0.3, -0.25) is 0 Å². The van der Waals surface area contributed by atoms with Gasteiger partial charge in [-0.15, -0.1) is 0 Å². The molecule has 0 saturated carbocycles. The molecule has 154 valence electrons. The average Bonchev–Trinajstić information content (AvgIpc) is 3.15. The van der Waals surface area contributed by atoms with Gasteiger partial charge in [0.05, 0.1) is 13.3 Å². The first-order chi connectivity index (χ1) is 13.5. The van der Waals surface area contributed by atoms with Crippen molar-refractivity contribution in [2.24, 2.45) is 0 Å². The third-order valence-electron chi connectivity index (χ3n) is 6.45. The minimum atomic E-state index is 0.970. The Kier molecular flexibility index (Phi) is 6.58. The zero-order valence-electron chi connectivity index (χ0n) is 18.8. The normalized spacial score (nSPS) is 17.6. The van der Waals surface area contributed by atoms with Crippen LogP contribution in [-0.2, 0) is 0 Å². The minimum Gasteiger partial charge on any atom is -0.356 e. The molecule has 0 bridgehead atoms. The molecule has 0 atom stereocenters. The van der Waals surface area contributed by atoms with Crippen molar-refractivity contribution in [1.29, 1.82) is 0 Å². The van der Waals surface area contributed by atoms with E-state index in [0.29, 0.717) is 0 Å². The number of hydrogen-bond acceptors (Lipinski definition) is 4. The maximum Gasteiger partial charge on any atom is 0.0946 e. The van der Waals surface area contributed by atoms with Gasteiger partial charge in [0.2, 0.25) is 0 Å². The Morgan fingerprint density at radius 3 is 1.50 bits per heavy atom. The summed E-state index contributed by atoms with van der Waals surface area (Å²) in [5.74, 6) is 0. The van der Waals surface area contributed by atoms with Gasteiger partial charge in [-0.05, 0) is 58.7 Å². The van der Waals surface area contributed by atoms with Gasteiger partial charge in [-0.25, -0.2) is 0 Å². The third-order valence-corrected chi connectivity index (χ3v) is 6.45. The fraction of sp³-hybridized carbons (Fsp3) is 0.583. The van der Waals surface area contributed by atoms with Gasteiger partial charge in [-0.1, -0.05) is 32.8 Å². The number of rotatable bonds is 8. The Hall–Kier alpha value is -2.10. The zero-order valence-corrected chi connectivity index (χ0v) is 18.8.